The van der Waals surface area contributed by atoms with Crippen LogP contribution in [0.15, 0.2) is 28.7 Å². The van der Waals surface area contributed by atoms with Gasteiger partial charge in [0.15, 0.2) is 0 Å². The van der Waals surface area contributed by atoms with Crippen LogP contribution < -0.4 is 5.32 Å². The summed E-state index contributed by atoms with van der Waals surface area (Å²) in [5, 5.41) is 11.5. The van der Waals surface area contributed by atoms with Crippen LogP contribution in [0.5, 0.6) is 0 Å². The van der Waals surface area contributed by atoms with Gasteiger partial charge in [0.05, 0.1) is 23.7 Å². The molecule has 0 spiro atoms. The number of carbonyl (C=O) groups excluding carboxylic acids is 1. The minimum absolute atomic E-state index is 0.0501. The highest BCUT2D eigenvalue weighted by molar-refractivity contribution is 6.33. The molecule has 0 radical (unpaired) electrons. The summed E-state index contributed by atoms with van der Waals surface area (Å²) < 4.78 is 5.62. The van der Waals surface area contributed by atoms with Gasteiger partial charge in [0.1, 0.15) is 0 Å². The van der Waals surface area contributed by atoms with Crippen LogP contribution in [0.3, 0.4) is 0 Å². The molecule has 23 heavy (non-hydrogen) atoms. The highest BCUT2D eigenvalue weighted by atomic mass is 35.5. The van der Waals surface area contributed by atoms with Gasteiger partial charge in [-0.25, -0.2) is 0 Å². The molecule has 0 saturated carbocycles. The third-order valence-electron chi connectivity index (χ3n) is 2.90. The summed E-state index contributed by atoms with van der Waals surface area (Å²) in [5.41, 5.74) is 0.445. The quantitative estimate of drug-likeness (QED) is 0.909. The van der Waals surface area contributed by atoms with E-state index in [-0.39, 0.29) is 18.0 Å². The van der Waals surface area contributed by atoms with E-state index in [1.807, 2.05) is 50.9 Å². The Bertz CT molecular complexity index is 679. The molecule has 7 heteroatoms. The monoisotopic (exact) mass is 336 g/mol. The summed E-state index contributed by atoms with van der Waals surface area (Å²) in [5.74, 6) is 0.759. The van der Waals surface area contributed by atoms with Crippen LogP contribution in [-0.2, 0) is 11.3 Å². The largest absolute Gasteiger partial charge is 0.419 e. The van der Waals surface area contributed by atoms with Crippen molar-refractivity contribution in [2.75, 3.05) is 13.6 Å². The lowest BCUT2D eigenvalue weighted by atomic mass is 10.1. The predicted molar refractivity (Wildman–Crippen MR) is 89.0 cm³/mol. The van der Waals surface area contributed by atoms with Crippen LogP contribution in [-0.4, -0.2) is 40.1 Å². The maximum atomic E-state index is 11.9. The van der Waals surface area contributed by atoms with Crippen molar-refractivity contribution in [3.63, 3.8) is 0 Å². The minimum atomic E-state index is -0.250. The summed E-state index contributed by atoms with van der Waals surface area (Å²) in [7, 11) is 1.82. The van der Waals surface area contributed by atoms with Gasteiger partial charge in [0.25, 0.3) is 0 Å². The van der Waals surface area contributed by atoms with E-state index in [9.17, 15) is 4.79 Å². The van der Waals surface area contributed by atoms with E-state index in [1.54, 1.807) is 6.07 Å². The molecule has 124 valence electrons. The smallest absolute Gasteiger partial charge is 0.249 e. The van der Waals surface area contributed by atoms with E-state index in [0.717, 1.165) is 0 Å². The van der Waals surface area contributed by atoms with Gasteiger partial charge in [-0.15, -0.1) is 10.2 Å². The molecule has 0 unspecified atom stereocenters. The van der Waals surface area contributed by atoms with E-state index >= 15 is 0 Å². The van der Waals surface area contributed by atoms with Gasteiger partial charge in [-0.05, 0) is 40.0 Å². The third kappa shape index (κ3) is 5.33. The second-order valence-corrected chi connectivity index (χ2v) is 6.86. The van der Waals surface area contributed by atoms with Crippen molar-refractivity contribution in [3.8, 4) is 11.5 Å². The number of carbonyl (C=O) groups is 1. The van der Waals surface area contributed by atoms with Crippen LogP contribution in [0.2, 0.25) is 5.02 Å². The molecule has 0 bridgehead atoms. The fraction of sp³-hybridized carbons (Fsp3) is 0.438. The van der Waals surface area contributed by atoms with Gasteiger partial charge >= 0.3 is 0 Å². The standard InChI is InChI=1S/C16H21ClN4O2/c1-16(2,3)18-13(22)9-21(4)10-14-19-20-15(23-14)11-7-5-6-8-12(11)17/h5-8H,9-10H2,1-4H3,(H,18,22). The Kier molecular flexibility index (Phi) is 5.38. The van der Waals surface area contributed by atoms with Gasteiger partial charge in [-0.2, -0.15) is 0 Å². The third-order valence-corrected chi connectivity index (χ3v) is 3.23. The molecule has 2 aromatic rings. The zero-order valence-electron chi connectivity index (χ0n) is 13.8. The van der Waals surface area contributed by atoms with Gasteiger partial charge < -0.3 is 9.73 Å². The number of halogens is 1. The molecule has 1 aromatic heterocycles. The van der Waals surface area contributed by atoms with Crippen LogP contribution in [0.1, 0.15) is 26.7 Å². The molecular formula is C16H21ClN4O2. The van der Waals surface area contributed by atoms with Crippen LogP contribution >= 0.6 is 11.6 Å². The Morgan fingerprint density at radius 1 is 1.30 bits per heavy atom. The second kappa shape index (κ2) is 7.10. The fourth-order valence-corrected chi connectivity index (χ4v) is 2.27. The molecule has 2 rings (SSSR count). The number of rotatable bonds is 5. The lowest BCUT2D eigenvalue weighted by Crippen LogP contribution is -2.45. The van der Waals surface area contributed by atoms with E-state index in [1.165, 1.54) is 0 Å². The Morgan fingerprint density at radius 2 is 2.00 bits per heavy atom. The van der Waals surface area contributed by atoms with Crippen molar-refractivity contribution in [1.29, 1.82) is 0 Å². The molecule has 0 aliphatic carbocycles. The fourth-order valence-electron chi connectivity index (χ4n) is 2.05. The zero-order chi connectivity index (χ0) is 17.0. The van der Waals surface area contributed by atoms with Gasteiger partial charge in [0.2, 0.25) is 17.7 Å². The topological polar surface area (TPSA) is 71.3 Å². The van der Waals surface area contributed by atoms with Crippen LogP contribution in [0.25, 0.3) is 11.5 Å². The van der Waals surface area contributed by atoms with E-state index in [0.29, 0.717) is 28.9 Å². The van der Waals surface area contributed by atoms with Crippen molar-refractivity contribution in [2.45, 2.75) is 32.9 Å². The SMILES string of the molecule is CN(CC(=O)NC(C)(C)C)Cc1nnc(-c2ccccc2Cl)o1. The number of hydrogen-bond donors (Lipinski definition) is 1. The van der Waals surface area contributed by atoms with Gasteiger partial charge in [0, 0.05) is 5.54 Å². The minimum Gasteiger partial charge on any atom is -0.419 e. The average molecular weight is 337 g/mol. The molecule has 1 heterocycles. The molecular weight excluding hydrogens is 316 g/mol. The first-order valence-electron chi connectivity index (χ1n) is 7.31. The zero-order valence-corrected chi connectivity index (χ0v) is 14.5. The summed E-state index contributed by atoms with van der Waals surface area (Å²) >= 11 is 6.11. The molecule has 0 aliphatic rings. The van der Waals surface area contributed by atoms with Crippen LogP contribution in [0, 0.1) is 0 Å². The summed E-state index contributed by atoms with van der Waals surface area (Å²) in [6.45, 7) is 6.46. The molecule has 0 aliphatic heterocycles. The van der Waals surface area contributed by atoms with E-state index in [2.05, 4.69) is 15.5 Å². The van der Waals surface area contributed by atoms with E-state index in [4.69, 9.17) is 16.0 Å². The molecule has 1 N–H and O–H groups in total. The highest BCUT2D eigenvalue weighted by Gasteiger charge is 2.17. The molecule has 1 amide bonds. The lowest BCUT2D eigenvalue weighted by molar-refractivity contribution is -0.123. The highest BCUT2D eigenvalue weighted by Crippen LogP contribution is 2.26. The van der Waals surface area contributed by atoms with Crippen LogP contribution in [0.4, 0.5) is 0 Å². The Hall–Kier alpha value is -1.92. The van der Waals surface area contributed by atoms with Crippen molar-refractivity contribution in [2.24, 2.45) is 0 Å². The summed E-state index contributed by atoms with van der Waals surface area (Å²) in [4.78, 5) is 13.7. The number of nitrogens with zero attached hydrogens (tertiary/aromatic N) is 3. The number of nitrogens with one attached hydrogen (secondary N) is 1. The molecule has 1 aromatic carbocycles. The van der Waals surface area contributed by atoms with Crippen molar-refractivity contribution >= 4 is 17.5 Å². The first kappa shape index (κ1) is 17.4. The van der Waals surface area contributed by atoms with Gasteiger partial charge in [-0.1, -0.05) is 23.7 Å². The first-order chi connectivity index (χ1) is 10.7. The normalized spacial score (nSPS) is 11.7. The average Bonchev–Trinajstić information content (AvgIpc) is 2.84. The maximum absolute atomic E-state index is 11.9. The lowest BCUT2D eigenvalue weighted by Gasteiger charge is -2.22. The second-order valence-electron chi connectivity index (χ2n) is 6.45. The molecule has 0 atom stereocenters. The molecule has 0 fully saturated rings. The number of likely N-dealkylation sites (N-methyl/N-ethyl adjacent to an activating group) is 1. The number of aromatic nitrogens is 2. The Labute approximate surface area is 140 Å². The number of hydrogen-bond acceptors (Lipinski definition) is 5. The summed E-state index contributed by atoms with van der Waals surface area (Å²) in [6, 6.07) is 7.28. The Morgan fingerprint density at radius 3 is 2.65 bits per heavy atom. The first-order valence-corrected chi connectivity index (χ1v) is 7.69. The summed E-state index contributed by atoms with van der Waals surface area (Å²) in [6.07, 6.45) is 0. The Balaban J connectivity index is 1.97. The maximum Gasteiger partial charge on any atom is 0.249 e. The van der Waals surface area contributed by atoms with Gasteiger partial charge in [-0.3, -0.25) is 9.69 Å². The number of benzene rings is 1. The number of amides is 1. The van der Waals surface area contributed by atoms with Crippen molar-refractivity contribution in [3.05, 3.63) is 35.2 Å². The van der Waals surface area contributed by atoms with Crippen molar-refractivity contribution in [1.82, 2.24) is 20.4 Å². The predicted octanol–water partition coefficient (Wildman–Crippen LogP) is 2.74. The van der Waals surface area contributed by atoms with E-state index < -0.39 is 0 Å². The molecule has 0 saturated heterocycles. The van der Waals surface area contributed by atoms with Crippen molar-refractivity contribution < 1.29 is 9.21 Å². The molecule has 6 nitrogen and oxygen atoms in total.